The molecule has 29 heavy (non-hydrogen) atoms. The highest BCUT2D eigenvalue weighted by Gasteiger charge is 2.63. The van der Waals surface area contributed by atoms with Crippen molar-refractivity contribution in [2.45, 2.75) is 37.3 Å². The lowest BCUT2D eigenvalue weighted by molar-refractivity contribution is -0.138. The predicted molar refractivity (Wildman–Crippen MR) is 107 cm³/mol. The lowest BCUT2D eigenvalue weighted by atomic mass is 10.1. The third kappa shape index (κ3) is 3.21. The van der Waals surface area contributed by atoms with Gasteiger partial charge in [0.25, 0.3) is 0 Å². The van der Waals surface area contributed by atoms with Crippen LogP contribution >= 0.6 is 0 Å². The Morgan fingerprint density at radius 1 is 1.14 bits per heavy atom. The SMILES string of the molecule is O=C1C[C@H]2N(Cc3ccc(OCCO)cc3)CC[C@]23O[C@@H](c2ccccc2)CN13. The van der Waals surface area contributed by atoms with E-state index in [1.54, 1.807) is 0 Å². The van der Waals surface area contributed by atoms with Crippen molar-refractivity contribution in [3.05, 3.63) is 65.7 Å². The third-order valence-corrected chi connectivity index (χ3v) is 6.38. The summed E-state index contributed by atoms with van der Waals surface area (Å²) in [6, 6.07) is 18.3. The highest BCUT2D eigenvalue weighted by molar-refractivity contribution is 5.81. The Kier molecular flexibility index (Phi) is 4.78. The fourth-order valence-electron chi connectivity index (χ4n) is 5.03. The standard InChI is InChI=1S/C23H26N2O4/c26-12-13-28-19-8-6-17(7-9-19)15-24-11-10-23-21(24)14-22(27)25(23)16-20(29-23)18-4-2-1-3-5-18/h1-9,20-21,26H,10-16H2/t20-,21-,23+/m1/s1. The van der Waals surface area contributed by atoms with E-state index in [-0.39, 0.29) is 24.7 Å². The van der Waals surface area contributed by atoms with Crippen LogP contribution in [0.5, 0.6) is 5.75 Å². The summed E-state index contributed by atoms with van der Waals surface area (Å²) < 4.78 is 12.0. The number of ether oxygens (including phenoxy) is 2. The molecule has 0 radical (unpaired) electrons. The number of nitrogens with zero attached hydrogens (tertiary/aromatic N) is 2. The molecular weight excluding hydrogens is 368 g/mol. The van der Waals surface area contributed by atoms with Crippen LogP contribution in [0.4, 0.5) is 0 Å². The van der Waals surface area contributed by atoms with Gasteiger partial charge in [0.2, 0.25) is 5.91 Å². The summed E-state index contributed by atoms with van der Waals surface area (Å²) >= 11 is 0. The van der Waals surface area contributed by atoms with Gasteiger partial charge in [-0.15, -0.1) is 0 Å². The zero-order valence-corrected chi connectivity index (χ0v) is 16.4. The molecule has 152 valence electrons. The van der Waals surface area contributed by atoms with Crippen LogP contribution in [0.2, 0.25) is 0 Å². The molecule has 0 aromatic heterocycles. The Morgan fingerprint density at radius 3 is 2.69 bits per heavy atom. The van der Waals surface area contributed by atoms with Gasteiger partial charge >= 0.3 is 0 Å². The molecule has 1 amide bonds. The van der Waals surface area contributed by atoms with Crippen molar-refractivity contribution < 1.29 is 19.4 Å². The third-order valence-electron chi connectivity index (χ3n) is 6.38. The van der Waals surface area contributed by atoms with Gasteiger partial charge in [-0.05, 0) is 23.3 Å². The fourth-order valence-corrected chi connectivity index (χ4v) is 5.03. The topological polar surface area (TPSA) is 62.2 Å². The van der Waals surface area contributed by atoms with Crippen LogP contribution in [0.1, 0.15) is 30.1 Å². The van der Waals surface area contributed by atoms with Crippen molar-refractivity contribution in [1.29, 1.82) is 0 Å². The van der Waals surface area contributed by atoms with Crippen LogP contribution in [-0.2, 0) is 16.1 Å². The van der Waals surface area contributed by atoms with Crippen LogP contribution in [0, 0.1) is 0 Å². The first-order valence-corrected chi connectivity index (χ1v) is 10.3. The minimum absolute atomic E-state index is 0.00773. The maximum atomic E-state index is 12.8. The molecule has 3 atom stereocenters. The van der Waals surface area contributed by atoms with Gasteiger partial charge in [-0.2, -0.15) is 0 Å². The molecule has 0 bridgehead atoms. The molecule has 3 fully saturated rings. The van der Waals surface area contributed by atoms with Crippen molar-refractivity contribution in [2.75, 3.05) is 26.3 Å². The normalized spacial score (nSPS) is 28.6. The quantitative estimate of drug-likeness (QED) is 0.815. The smallest absolute Gasteiger partial charge is 0.226 e. The lowest BCUT2D eigenvalue weighted by Gasteiger charge is -2.32. The zero-order chi connectivity index (χ0) is 19.8. The average molecular weight is 394 g/mol. The first-order valence-electron chi connectivity index (χ1n) is 10.3. The zero-order valence-electron chi connectivity index (χ0n) is 16.4. The van der Waals surface area contributed by atoms with Gasteiger partial charge in [0.05, 0.1) is 19.2 Å². The number of rotatable bonds is 6. The van der Waals surface area contributed by atoms with Gasteiger partial charge in [-0.3, -0.25) is 9.69 Å². The largest absolute Gasteiger partial charge is 0.491 e. The number of benzene rings is 2. The Balaban J connectivity index is 1.31. The van der Waals surface area contributed by atoms with Crippen LogP contribution < -0.4 is 4.74 Å². The second kappa shape index (κ2) is 7.44. The van der Waals surface area contributed by atoms with Gasteiger partial charge in [-0.25, -0.2) is 0 Å². The minimum atomic E-state index is -0.484. The van der Waals surface area contributed by atoms with E-state index in [1.165, 1.54) is 5.56 Å². The number of hydrogen-bond donors (Lipinski definition) is 1. The van der Waals surface area contributed by atoms with Gasteiger partial charge < -0.3 is 19.5 Å². The van der Waals surface area contributed by atoms with E-state index < -0.39 is 5.72 Å². The van der Waals surface area contributed by atoms with E-state index in [1.807, 2.05) is 35.2 Å². The first kappa shape index (κ1) is 18.6. The summed E-state index contributed by atoms with van der Waals surface area (Å²) in [4.78, 5) is 17.1. The summed E-state index contributed by atoms with van der Waals surface area (Å²) in [6.45, 7) is 2.65. The number of aliphatic hydroxyl groups excluding tert-OH is 1. The molecule has 3 heterocycles. The van der Waals surface area contributed by atoms with E-state index in [0.29, 0.717) is 19.6 Å². The number of hydrogen-bond acceptors (Lipinski definition) is 5. The molecule has 0 aliphatic carbocycles. The molecule has 3 saturated heterocycles. The predicted octanol–water partition coefficient (Wildman–Crippen LogP) is 2.33. The van der Waals surface area contributed by atoms with E-state index >= 15 is 0 Å². The molecule has 1 spiro atoms. The summed E-state index contributed by atoms with van der Waals surface area (Å²) in [6.07, 6.45) is 1.33. The number of aliphatic hydroxyl groups is 1. The van der Waals surface area contributed by atoms with E-state index in [2.05, 4.69) is 29.2 Å². The molecular formula is C23H26N2O4. The fraction of sp³-hybridized carbons (Fsp3) is 0.435. The number of amides is 1. The molecule has 3 aliphatic rings. The summed E-state index contributed by atoms with van der Waals surface area (Å²) in [5, 5.41) is 8.87. The van der Waals surface area contributed by atoms with Crippen molar-refractivity contribution in [3.63, 3.8) is 0 Å². The maximum absolute atomic E-state index is 12.8. The number of carbonyl (C=O) groups is 1. The van der Waals surface area contributed by atoms with Gasteiger partial charge in [0.15, 0.2) is 5.72 Å². The van der Waals surface area contributed by atoms with E-state index in [4.69, 9.17) is 14.6 Å². The first-order chi connectivity index (χ1) is 14.2. The van der Waals surface area contributed by atoms with Gasteiger partial charge in [0.1, 0.15) is 18.5 Å². The van der Waals surface area contributed by atoms with Crippen LogP contribution in [-0.4, -0.2) is 58.9 Å². The monoisotopic (exact) mass is 394 g/mol. The molecule has 3 aliphatic heterocycles. The second-order valence-electron chi connectivity index (χ2n) is 8.02. The molecule has 0 unspecified atom stereocenters. The highest BCUT2D eigenvalue weighted by Crippen LogP contribution is 2.50. The Labute approximate surface area is 170 Å². The highest BCUT2D eigenvalue weighted by atomic mass is 16.5. The van der Waals surface area contributed by atoms with Gasteiger partial charge in [0, 0.05) is 25.9 Å². The molecule has 0 saturated carbocycles. The van der Waals surface area contributed by atoms with Crippen molar-refractivity contribution in [1.82, 2.24) is 9.80 Å². The van der Waals surface area contributed by atoms with Crippen LogP contribution in [0.3, 0.4) is 0 Å². The summed E-state index contributed by atoms with van der Waals surface area (Å²) in [5.74, 6) is 0.957. The van der Waals surface area contributed by atoms with Crippen LogP contribution in [0.15, 0.2) is 54.6 Å². The number of likely N-dealkylation sites (tertiary alicyclic amines) is 1. The van der Waals surface area contributed by atoms with E-state index in [0.717, 1.165) is 30.8 Å². The Hall–Kier alpha value is -2.41. The van der Waals surface area contributed by atoms with E-state index in [9.17, 15) is 4.79 Å². The van der Waals surface area contributed by atoms with Crippen LogP contribution in [0.25, 0.3) is 0 Å². The lowest BCUT2D eigenvalue weighted by Crippen LogP contribution is -2.47. The summed E-state index contributed by atoms with van der Waals surface area (Å²) in [5.41, 5.74) is 1.84. The molecule has 5 rings (SSSR count). The molecule has 2 aromatic rings. The van der Waals surface area contributed by atoms with Gasteiger partial charge in [-0.1, -0.05) is 42.5 Å². The average Bonchev–Trinajstić information content (AvgIpc) is 3.37. The molecule has 1 N–H and O–H groups in total. The van der Waals surface area contributed by atoms with Crippen molar-refractivity contribution in [2.24, 2.45) is 0 Å². The molecule has 6 heteroatoms. The minimum Gasteiger partial charge on any atom is -0.491 e. The maximum Gasteiger partial charge on any atom is 0.226 e. The molecule has 2 aromatic carbocycles. The van der Waals surface area contributed by atoms with Crippen molar-refractivity contribution >= 4 is 5.91 Å². The summed E-state index contributed by atoms with van der Waals surface area (Å²) in [7, 11) is 0. The second-order valence-corrected chi connectivity index (χ2v) is 8.02. The number of carbonyl (C=O) groups excluding carboxylic acids is 1. The van der Waals surface area contributed by atoms with Crippen molar-refractivity contribution in [3.8, 4) is 5.75 Å². The Morgan fingerprint density at radius 2 is 1.93 bits per heavy atom. The Bertz CT molecular complexity index is 872. The molecule has 6 nitrogen and oxygen atoms in total.